The minimum absolute atomic E-state index is 0.129. The fourth-order valence-corrected chi connectivity index (χ4v) is 4.52. The van der Waals surface area contributed by atoms with Gasteiger partial charge in [0.05, 0.1) is 6.54 Å². The molecule has 1 amide bonds. The number of likely N-dealkylation sites (tertiary alicyclic amines) is 2. The van der Waals surface area contributed by atoms with Crippen molar-refractivity contribution < 1.29 is 4.79 Å². The minimum Gasteiger partial charge on any atom is -0.338 e. The van der Waals surface area contributed by atoms with E-state index in [4.69, 9.17) is 0 Å². The van der Waals surface area contributed by atoms with Gasteiger partial charge in [-0.1, -0.05) is 24.1 Å². The SMILES string of the molecule is Cc1cccc(C(=O)N2CCC[C@H](c3nnc(CN4CCCCC4)n3C)C2)c1. The standard InChI is InChI=1S/C22H31N5O/c1-17-8-6-9-18(14-17)22(28)27-13-7-10-19(15-27)21-24-23-20(25(21)2)16-26-11-4-3-5-12-26/h6,8-9,14,19H,3-5,7,10-13,15-16H2,1-2H3/t19-/m0/s1. The molecule has 6 heteroatoms. The number of hydrogen-bond acceptors (Lipinski definition) is 4. The van der Waals surface area contributed by atoms with E-state index in [-0.39, 0.29) is 11.8 Å². The van der Waals surface area contributed by atoms with Gasteiger partial charge in [-0.05, 0) is 57.8 Å². The second-order valence-electron chi connectivity index (χ2n) is 8.33. The van der Waals surface area contributed by atoms with Gasteiger partial charge in [0, 0.05) is 31.6 Å². The van der Waals surface area contributed by atoms with Crippen LogP contribution in [0.5, 0.6) is 0 Å². The molecule has 1 atom stereocenters. The molecule has 4 rings (SSSR count). The number of piperidine rings is 2. The van der Waals surface area contributed by atoms with Crippen LogP contribution in [0.4, 0.5) is 0 Å². The largest absolute Gasteiger partial charge is 0.338 e. The number of aromatic nitrogens is 3. The lowest BCUT2D eigenvalue weighted by Crippen LogP contribution is -2.39. The Balaban J connectivity index is 1.45. The second-order valence-corrected chi connectivity index (χ2v) is 8.33. The van der Waals surface area contributed by atoms with Gasteiger partial charge in [0.15, 0.2) is 0 Å². The van der Waals surface area contributed by atoms with E-state index in [1.807, 2.05) is 36.1 Å². The van der Waals surface area contributed by atoms with Crippen LogP contribution >= 0.6 is 0 Å². The Bertz CT molecular complexity index is 824. The molecule has 150 valence electrons. The van der Waals surface area contributed by atoms with Crippen LogP contribution in [0.25, 0.3) is 0 Å². The number of aryl methyl sites for hydroxylation is 1. The number of amides is 1. The topological polar surface area (TPSA) is 54.3 Å². The van der Waals surface area contributed by atoms with Gasteiger partial charge in [-0.25, -0.2) is 0 Å². The molecular formula is C22H31N5O. The van der Waals surface area contributed by atoms with Gasteiger partial charge in [0.1, 0.15) is 11.6 Å². The lowest BCUT2D eigenvalue weighted by Gasteiger charge is -2.32. The zero-order valence-electron chi connectivity index (χ0n) is 17.1. The lowest BCUT2D eigenvalue weighted by atomic mass is 9.96. The maximum absolute atomic E-state index is 13.0. The van der Waals surface area contributed by atoms with E-state index in [0.29, 0.717) is 0 Å². The van der Waals surface area contributed by atoms with Gasteiger partial charge in [0.25, 0.3) is 5.91 Å². The molecule has 0 radical (unpaired) electrons. The highest BCUT2D eigenvalue weighted by atomic mass is 16.2. The van der Waals surface area contributed by atoms with Crippen LogP contribution in [0.1, 0.15) is 65.6 Å². The van der Waals surface area contributed by atoms with Crippen molar-refractivity contribution in [2.45, 2.75) is 51.5 Å². The zero-order chi connectivity index (χ0) is 19.5. The van der Waals surface area contributed by atoms with E-state index < -0.39 is 0 Å². The number of hydrogen-bond donors (Lipinski definition) is 0. The number of rotatable bonds is 4. The summed E-state index contributed by atoms with van der Waals surface area (Å²) in [6.45, 7) is 6.76. The summed E-state index contributed by atoms with van der Waals surface area (Å²) < 4.78 is 2.17. The van der Waals surface area contributed by atoms with Crippen molar-refractivity contribution >= 4 is 5.91 Å². The van der Waals surface area contributed by atoms with Crippen LogP contribution < -0.4 is 0 Å². The van der Waals surface area contributed by atoms with Gasteiger partial charge in [0.2, 0.25) is 0 Å². The monoisotopic (exact) mass is 381 g/mol. The quantitative estimate of drug-likeness (QED) is 0.816. The van der Waals surface area contributed by atoms with Crippen LogP contribution in [0, 0.1) is 6.92 Å². The summed E-state index contributed by atoms with van der Waals surface area (Å²) in [6.07, 6.45) is 5.98. The molecule has 2 aliphatic rings. The Hall–Kier alpha value is -2.21. The molecule has 1 aromatic heterocycles. The molecule has 2 saturated heterocycles. The van der Waals surface area contributed by atoms with E-state index >= 15 is 0 Å². The van der Waals surface area contributed by atoms with Crippen molar-refractivity contribution in [1.29, 1.82) is 0 Å². The summed E-state index contributed by atoms with van der Waals surface area (Å²) in [4.78, 5) is 17.4. The maximum atomic E-state index is 13.0. The second kappa shape index (κ2) is 8.43. The normalized spacial score (nSPS) is 21.1. The summed E-state index contributed by atoms with van der Waals surface area (Å²) in [5, 5.41) is 9.03. The van der Waals surface area contributed by atoms with E-state index in [1.54, 1.807) is 0 Å². The van der Waals surface area contributed by atoms with Gasteiger partial charge in [-0.15, -0.1) is 10.2 Å². The molecule has 6 nitrogen and oxygen atoms in total. The fourth-order valence-electron chi connectivity index (χ4n) is 4.52. The Morgan fingerprint density at radius 1 is 1.11 bits per heavy atom. The Labute approximate surface area is 167 Å². The van der Waals surface area contributed by atoms with Gasteiger partial charge in [-0.2, -0.15) is 0 Å². The zero-order valence-corrected chi connectivity index (χ0v) is 17.1. The third kappa shape index (κ3) is 4.12. The Morgan fingerprint density at radius 2 is 1.93 bits per heavy atom. The summed E-state index contributed by atoms with van der Waals surface area (Å²) in [6, 6.07) is 7.88. The van der Waals surface area contributed by atoms with Crippen LogP contribution in [-0.4, -0.2) is 56.7 Å². The highest BCUT2D eigenvalue weighted by Gasteiger charge is 2.29. The number of benzene rings is 1. The van der Waals surface area contributed by atoms with E-state index in [0.717, 1.165) is 68.3 Å². The molecule has 2 aliphatic heterocycles. The van der Waals surface area contributed by atoms with Gasteiger partial charge < -0.3 is 9.47 Å². The van der Waals surface area contributed by atoms with Gasteiger partial charge in [-0.3, -0.25) is 9.69 Å². The van der Waals surface area contributed by atoms with E-state index in [9.17, 15) is 4.79 Å². The molecule has 0 N–H and O–H groups in total. The predicted octanol–water partition coefficient (Wildman–Crippen LogP) is 3.13. The first-order valence-corrected chi connectivity index (χ1v) is 10.6. The fraction of sp³-hybridized carbons (Fsp3) is 0.591. The number of nitrogens with zero attached hydrogens (tertiary/aromatic N) is 5. The highest BCUT2D eigenvalue weighted by molar-refractivity contribution is 5.94. The van der Waals surface area contributed by atoms with E-state index in [2.05, 4.69) is 26.7 Å². The van der Waals surface area contributed by atoms with Crippen LogP contribution in [0.3, 0.4) is 0 Å². The molecule has 28 heavy (non-hydrogen) atoms. The number of carbonyl (C=O) groups excluding carboxylic acids is 1. The summed E-state index contributed by atoms with van der Waals surface area (Å²) in [5.74, 6) is 2.45. The molecular weight excluding hydrogens is 350 g/mol. The van der Waals surface area contributed by atoms with Crippen molar-refractivity contribution in [2.75, 3.05) is 26.2 Å². The van der Waals surface area contributed by atoms with Gasteiger partial charge >= 0.3 is 0 Å². The molecule has 0 aliphatic carbocycles. The lowest BCUT2D eigenvalue weighted by molar-refractivity contribution is 0.0703. The average molecular weight is 382 g/mol. The van der Waals surface area contributed by atoms with Crippen LogP contribution in [0.2, 0.25) is 0 Å². The average Bonchev–Trinajstić information content (AvgIpc) is 3.08. The predicted molar refractivity (Wildman–Crippen MR) is 109 cm³/mol. The summed E-state index contributed by atoms with van der Waals surface area (Å²) in [7, 11) is 2.08. The van der Waals surface area contributed by atoms with E-state index in [1.165, 1.54) is 19.3 Å². The first kappa shape index (κ1) is 19.1. The Morgan fingerprint density at radius 3 is 2.71 bits per heavy atom. The molecule has 3 heterocycles. The van der Waals surface area contributed by atoms with Crippen molar-refractivity contribution in [3.8, 4) is 0 Å². The summed E-state index contributed by atoms with van der Waals surface area (Å²) in [5.41, 5.74) is 1.90. The minimum atomic E-state index is 0.129. The molecule has 1 aromatic carbocycles. The molecule has 0 spiro atoms. The first-order chi connectivity index (χ1) is 13.6. The van der Waals surface area contributed by atoms with Crippen LogP contribution in [-0.2, 0) is 13.6 Å². The molecule has 0 saturated carbocycles. The van der Waals surface area contributed by atoms with Crippen molar-refractivity contribution in [3.05, 3.63) is 47.0 Å². The van der Waals surface area contributed by atoms with Crippen molar-refractivity contribution in [1.82, 2.24) is 24.6 Å². The molecule has 0 unspecified atom stereocenters. The molecule has 2 fully saturated rings. The molecule has 0 bridgehead atoms. The van der Waals surface area contributed by atoms with Crippen molar-refractivity contribution in [2.24, 2.45) is 7.05 Å². The van der Waals surface area contributed by atoms with Crippen molar-refractivity contribution in [3.63, 3.8) is 0 Å². The third-order valence-corrected chi connectivity index (χ3v) is 6.15. The first-order valence-electron chi connectivity index (χ1n) is 10.6. The molecule has 2 aromatic rings. The smallest absolute Gasteiger partial charge is 0.253 e. The summed E-state index contributed by atoms with van der Waals surface area (Å²) >= 11 is 0. The highest BCUT2D eigenvalue weighted by Crippen LogP contribution is 2.27. The number of carbonyl (C=O) groups is 1. The van der Waals surface area contributed by atoms with Crippen LogP contribution in [0.15, 0.2) is 24.3 Å². The Kier molecular flexibility index (Phi) is 5.76. The third-order valence-electron chi connectivity index (χ3n) is 6.15. The maximum Gasteiger partial charge on any atom is 0.253 e.